The molecule has 23 heavy (non-hydrogen) atoms. The fourth-order valence-corrected chi connectivity index (χ4v) is 2.34. The molecule has 0 atom stereocenters. The van der Waals surface area contributed by atoms with Crippen LogP contribution in [0.25, 0.3) is 0 Å². The van der Waals surface area contributed by atoms with Gasteiger partial charge in [-0.15, -0.1) is 0 Å². The minimum absolute atomic E-state index is 0.0324. The third-order valence-corrected chi connectivity index (χ3v) is 3.10. The molecule has 0 saturated carbocycles. The van der Waals surface area contributed by atoms with E-state index in [9.17, 15) is 9.59 Å². The van der Waals surface area contributed by atoms with Crippen molar-refractivity contribution in [2.24, 2.45) is 0 Å². The number of rotatable bonds is 3. The monoisotopic (exact) mass is 361 g/mol. The smallest absolute Gasteiger partial charge is 0.243 e. The quantitative estimate of drug-likeness (QED) is 0.866. The summed E-state index contributed by atoms with van der Waals surface area (Å²) in [5.41, 5.74) is 0.519. The molecule has 5 nitrogen and oxygen atoms in total. The number of piperazine rings is 1. The molecule has 0 aromatic heterocycles. The molecule has 1 fully saturated rings. The first-order chi connectivity index (χ1) is 11.0. The summed E-state index contributed by atoms with van der Waals surface area (Å²) in [6.45, 7) is 9.53. The first kappa shape index (κ1) is 21.7. The zero-order chi connectivity index (χ0) is 17.8. The van der Waals surface area contributed by atoms with Gasteiger partial charge in [-0.2, -0.15) is 0 Å². The van der Waals surface area contributed by atoms with Crippen molar-refractivity contribution < 1.29 is 9.59 Å². The number of benzene rings is 1. The molecule has 2 rings (SSSR count). The predicted molar refractivity (Wildman–Crippen MR) is 97.2 cm³/mol. The van der Waals surface area contributed by atoms with Crippen LogP contribution in [0.2, 0.25) is 10.0 Å². The van der Waals surface area contributed by atoms with Gasteiger partial charge in [0.2, 0.25) is 11.8 Å². The van der Waals surface area contributed by atoms with Crippen molar-refractivity contribution in [3.05, 3.63) is 28.2 Å². The van der Waals surface area contributed by atoms with Gasteiger partial charge in [0, 0.05) is 28.8 Å². The van der Waals surface area contributed by atoms with E-state index in [1.54, 1.807) is 18.2 Å². The summed E-state index contributed by atoms with van der Waals surface area (Å²) in [4.78, 5) is 24.9. The molecule has 2 N–H and O–H groups in total. The topological polar surface area (TPSA) is 61.4 Å². The molecule has 1 heterocycles. The average Bonchev–Trinajstić information content (AvgIpc) is 2.52. The summed E-state index contributed by atoms with van der Waals surface area (Å²) in [7, 11) is 0. The number of hydrogen-bond donors (Lipinski definition) is 2. The Bertz CT molecular complexity index is 490. The molecule has 0 radical (unpaired) electrons. The molecular weight excluding hydrogens is 337 g/mol. The molecule has 1 aliphatic rings. The van der Waals surface area contributed by atoms with Gasteiger partial charge in [0.05, 0.1) is 13.1 Å². The second kappa shape index (κ2) is 12.2. The number of amides is 2. The Hall–Kier alpha value is -1.30. The van der Waals surface area contributed by atoms with E-state index in [4.69, 9.17) is 23.2 Å². The molecule has 1 aliphatic heterocycles. The van der Waals surface area contributed by atoms with E-state index >= 15 is 0 Å². The van der Waals surface area contributed by atoms with Gasteiger partial charge in [-0.1, -0.05) is 50.9 Å². The molecule has 0 aliphatic carbocycles. The van der Waals surface area contributed by atoms with Crippen LogP contribution in [-0.4, -0.2) is 42.9 Å². The Labute approximate surface area is 148 Å². The van der Waals surface area contributed by atoms with Gasteiger partial charge in [0.25, 0.3) is 0 Å². The summed E-state index contributed by atoms with van der Waals surface area (Å²) in [6, 6.07) is 4.79. The van der Waals surface area contributed by atoms with Crippen LogP contribution >= 0.6 is 23.2 Å². The third kappa shape index (κ3) is 8.21. The van der Waals surface area contributed by atoms with Crippen molar-refractivity contribution >= 4 is 40.7 Å². The van der Waals surface area contributed by atoms with Gasteiger partial charge in [0.15, 0.2) is 0 Å². The van der Waals surface area contributed by atoms with E-state index in [1.165, 1.54) is 4.90 Å². The van der Waals surface area contributed by atoms with Crippen LogP contribution < -0.4 is 10.6 Å². The highest BCUT2D eigenvalue weighted by Gasteiger charge is 2.20. The summed E-state index contributed by atoms with van der Waals surface area (Å²) in [5.74, 6) is -0.348. The zero-order valence-electron chi connectivity index (χ0n) is 14.1. The number of anilines is 1. The van der Waals surface area contributed by atoms with Gasteiger partial charge < -0.3 is 15.5 Å². The SMILES string of the molecule is CC.CC.O=C(CN1CCNCC1=O)Nc1cc(Cl)cc(Cl)c1. The van der Waals surface area contributed by atoms with E-state index in [0.717, 1.165) is 0 Å². The Balaban J connectivity index is 0.00000112. The van der Waals surface area contributed by atoms with Crippen molar-refractivity contribution in [2.45, 2.75) is 27.7 Å². The fourth-order valence-electron chi connectivity index (χ4n) is 1.81. The Morgan fingerprint density at radius 3 is 2.26 bits per heavy atom. The van der Waals surface area contributed by atoms with Gasteiger partial charge in [-0.25, -0.2) is 0 Å². The number of carbonyl (C=O) groups excluding carboxylic acids is 2. The van der Waals surface area contributed by atoms with E-state index < -0.39 is 0 Å². The maximum Gasteiger partial charge on any atom is 0.243 e. The first-order valence-electron chi connectivity index (χ1n) is 7.79. The lowest BCUT2D eigenvalue weighted by atomic mass is 10.3. The summed E-state index contributed by atoms with van der Waals surface area (Å²) in [6.07, 6.45) is 0. The molecule has 0 unspecified atom stereocenters. The van der Waals surface area contributed by atoms with Crippen LogP contribution in [0.4, 0.5) is 5.69 Å². The molecule has 0 spiro atoms. The van der Waals surface area contributed by atoms with Crippen LogP contribution in [0.1, 0.15) is 27.7 Å². The Morgan fingerprint density at radius 1 is 1.17 bits per heavy atom. The molecule has 0 bridgehead atoms. The molecule has 2 amide bonds. The number of nitrogens with one attached hydrogen (secondary N) is 2. The van der Waals surface area contributed by atoms with Crippen LogP contribution in [0.15, 0.2) is 18.2 Å². The molecule has 130 valence electrons. The van der Waals surface area contributed by atoms with Crippen LogP contribution in [0.3, 0.4) is 0 Å². The minimum atomic E-state index is -0.270. The lowest BCUT2D eigenvalue weighted by Gasteiger charge is -2.26. The fraction of sp³-hybridized carbons (Fsp3) is 0.500. The number of nitrogens with zero attached hydrogens (tertiary/aromatic N) is 1. The van der Waals surface area contributed by atoms with E-state index in [2.05, 4.69) is 10.6 Å². The Kier molecular flexibility index (Phi) is 11.5. The van der Waals surface area contributed by atoms with E-state index in [1.807, 2.05) is 27.7 Å². The number of hydrogen-bond acceptors (Lipinski definition) is 3. The van der Waals surface area contributed by atoms with Crippen LogP contribution in [-0.2, 0) is 9.59 Å². The highest BCUT2D eigenvalue weighted by atomic mass is 35.5. The van der Waals surface area contributed by atoms with Crippen molar-refractivity contribution in [3.63, 3.8) is 0 Å². The standard InChI is InChI=1S/C12H13Cl2N3O2.2C2H6/c13-8-3-9(14)5-10(4-8)16-11(18)7-17-2-1-15-6-12(17)19;2*1-2/h3-5,15H,1-2,6-7H2,(H,16,18);2*1-2H3. The summed E-state index contributed by atoms with van der Waals surface area (Å²) >= 11 is 11.7. The summed E-state index contributed by atoms with van der Waals surface area (Å²) in [5, 5.41) is 6.50. The second-order valence-corrected chi connectivity index (χ2v) is 5.07. The maximum absolute atomic E-state index is 11.8. The number of carbonyl (C=O) groups is 2. The van der Waals surface area contributed by atoms with E-state index in [-0.39, 0.29) is 24.9 Å². The molecule has 1 aromatic rings. The molecule has 7 heteroatoms. The summed E-state index contributed by atoms with van der Waals surface area (Å²) < 4.78 is 0. The lowest BCUT2D eigenvalue weighted by molar-refractivity contribution is -0.135. The normalized spacial score (nSPS) is 13.3. The maximum atomic E-state index is 11.8. The minimum Gasteiger partial charge on any atom is -0.331 e. The van der Waals surface area contributed by atoms with E-state index in [0.29, 0.717) is 28.8 Å². The lowest BCUT2D eigenvalue weighted by Crippen LogP contribution is -2.50. The van der Waals surface area contributed by atoms with Crippen molar-refractivity contribution in [2.75, 3.05) is 31.5 Å². The largest absolute Gasteiger partial charge is 0.331 e. The third-order valence-electron chi connectivity index (χ3n) is 2.67. The number of halogens is 2. The zero-order valence-corrected chi connectivity index (χ0v) is 15.6. The second-order valence-electron chi connectivity index (χ2n) is 4.20. The van der Waals surface area contributed by atoms with Crippen LogP contribution in [0.5, 0.6) is 0 Å². The average molecular weight is 362 g/mol. The van der Waals surface area contributed by atoms with Crippen molar-refractivity contribution in [3.8, 4) is 0 Å². The molecule has 1 saturated heterocycles. The predicted octanol–water partition coefficient (Wildman–Crippen LogP) is 3.42. The van der Waals surface area contributed by atoms with Gasteiger partial charge in [-0.05, 0) is 18.2 Å². The van der Waals surface area contributed by atoms with Gasteiger partial charge >= 0.3 is 0 Å². The highest BCUT2D eigenvalue weighted by molar-refractivity contribution is 6.35. The van der Waals surface area contributed by atoms with Crippen molar-refractivity contribution in [1.29, 1.82) is 0 Å². The van der Waals surface area contributed by atoms with Crippen LogP contribution in [0, 0.1) is 0 Å². The molecular formula is C16H25Cl2N3O2. The van der Waals surface area contributed by atoms with Gasteiger partial charge in [0.1, 0.15) is 0 Å². The Morgan fingerprint density at radius 2 is 1.74 bits per heavy atom. The van der Waals surface area contributed by atoms with Gasteiger partial charge in [-0.3, -0.25) is 9.59 Å². The molecule has 1 aromatic carbocycles. The highest BCUT2D eigenvalue weighted by Crippen LogP contribution is 2.22. The first-order valence-corrected chi connectivity index (χ1v) is 8.54. The van der Waals surface area contributed by atoms with Crippen molar-refractivity contribution in [1.82, 2.24) is 10.2 Å².